The van der Waals surface area contributed by atoms with Gasteiger partial charge in [0.1, 0.15) is 5.65 Å². The van der Waals surface area contributed by atoms with Crippen molar-refractivity contribution >= 4 is 34.4 Å². The van der Waals surface area contributed by atoms with Gasteiger partial charge in [-0.1, -0.05) is 6.07 Å². The first-order valence-corrected chi connectivity index (χ1v) is 8.45. The van der Waals surface area contributed by atoms with Crippen LogP contribution in [0.4, 0.5) is 5.69 Å². The summed E-state index contributed by atoms with van der Waals surface area (Å²) in [5, 5.41) is 3.87. The highest BCUT2D eigenvalue weighted by Crippen LogP contribution is 2.39. The molecule has 4 N–H and O–H groups in total. The van der Waals surface area contributed by atoms with E-state index >= 15 is 0 Å². The van der Waals surface area contributed by atoms with Gasteiger partial charge in [-0.2, -0.15) is 0 Å². The number of anilines is 1. The monoisotopic (exact) mass is 324 g/mol. The fourth-order valence-electron chi connectivity index (χ4n) is 2.88. The molecule has 1 aliphatic heterocycles. The highest BCUT2D eigenvalue weighted by molar-refractivity contribution is 7.99. The molecule has 1 aliphatic rings. The number of H-pyrrole nitrogens is 1. The zero-order chi connectivity index (χ0) is 15.8. The Morgan fingerprint density at radius 2 is 2.30 bits per heavy atom. The zero-order valence-corrected chi connectivity index (χ0v) is 13.2. The quantitative estimate of drug-likeness (QED) is 0.691. The lowest BCUT2D eigenvalue weighted by molar-refractivity contribution is 0.102. The number of nitrogens with two attached hydrogens (primary N) is 1. The van der Waals surface area contributed by atoms with Crippen LogP contribution in [0.3, 0.4) is 0 Å². The molecule has 0 bridgehead atoms. The first-order valence-electron chi connectivity index (χ1n) is 7.46. The molecule has 6 heteroatoms. The van der Waals surface area contributed by atoms with E-state index in [1.54, 1.807) is 24.0 Å². The second-order valence-electron chi connectivity index (χ2n) is 5.55. The third-order valence-corrected chi connectivity index (χ3v) is 5.38. The Kier molecular flexibility index (Phi) is 3.55. The summed E-state index contributed by atoms with van der Waals surface area (Å²) >= 11 is 1.77. The van der Waals surface area contributed by atoms with E-state index in [0.717, 1.165) is 27.4 Å². The van der Waals surface area contributed by atoms with Crippen LogP contribution in [0.1, 0.15) is 21.8 Å². The van der Waals surface area contributed by atoms with Crippen LogP contribution in [-0.2, 0) is 0 Å². The number of hydrogen-bond acceptors (Lipinski definition) is 4. The number of fused-ring (bicyclic) bond motifs is 2. The zero-order valence-electron chi connectivity index (χ0n) is 12.4. The van der Waals surface area contributed by atoms with Crippen molar-refractivity contribution in [2.75, 3.05) is 17.6 Å². The minimum Gasteiger partial charge on any atom is -0.346 e. The van der Waals surface area contributed by atoms with E-state index in [9.17, 15) is 4.79 Å². The number of carbonyl (C=O) groups is 1. The SMILES string of the molecule is NCC1CSc2cc(C(=O)Nc3ccnc4[nH]ccc34)ccc21. The summed E-state index contributed by atoms with van der Waals surface area (Å²) in [6.07, 6.45) is 3.49. The summed E-state index contributed by atoms with van der Waals surface area (Å²) in [5.74, 6) is 1.27. The van der Waals surface area contributed by atoms with Crippen molar-refractivity contribution in [1.82, 2.24) is 9.97 Å². The van der Waals surface area contributed by atoms with E-state index in [0.29, 0.717) is 18.0 Å². The molecule has 116 valence electrons. The van der Waals surface area contributed by atoms with Crippen LogP contribution in [0.5, 0.6) is 0 Å². The number of nitrogens with one attached hydrogen (secondary N) is 2. The number of pyridine rings is 1. The van der Waals surface area contributed by atoms with Gasteiger partial charge in [0, 0.05) is 46.5 Å². The normalized spacial score (nSPS) is 16.5. The molecule has 3 aromatic rings. The van der Waals surface area contributed by atoms with E-state index in [2.05, 4.69) is 15.3 Å². The van der Waals surface area contributed by atoms with Gasteiger partial charge in [0.2, 0.25) is 0 Å². The van der Waals surface area contributed by atoms with Crippen molar-refractivity contribution < 1.29 is 4.79 Å². The number of thioether (sulfide) groups is 1. The van der Waals surface area contributed by atoms with Crippen LogP contribution in [0, 0.1) is 0 Å². The van der Waals surface area contributed by atoms with Crippen molar-refractivity contribution in [2.45, 2.75) is 10.8 Å². The van der Waals surface area contributed by atoms with Crippen molar-refractivity contribution in [3.05, 3.63) is 53.9 Å². The number of carbonyl (C=O) groups excluding carboxylic acids is 1. The summed E-state index contributed by atoms with van der Waals surface area (Å²) in [6.45, 7) is 0.647. The third kappa shape index (κ3) is 2.50. The number of aromatic amines is 1. The second kappa shape index (κ2) is 5.72. The van der Waals surface area contributed by atoms with Crippen LogP contribution in [0.15, 0.2) is 47.6 Å². The van der Waals surface area contributed by atoms with E-state index < -0.39 is 0 Å². The molecule has 2 aromatic heterocycles. The van der Waals surface area contributed by atoms with Crippen LogP contribution in [0.2, 0.25) is 0 Å². The van der Waals surface area contributed by atoms with Gasteiger partial charge in [0.05, 0.1) is 5.69 Å². The van der Waals surface area contributed by atoms with Gasteiger partial charge in [0.25, 0.3) is 5.91 Å². The lowest BCUT2D eigenvalue weighted by atomic mass is 10.00. The molecule has 0 radical (unpaired) electrons. The van der Waals surface area contributed by atoms with E-state index in [4.69, 9.17) is 5.73 Å². The summed E-state index contributed by atoms with van der Waals surface area (Å²) in [6, 6.07) is 9.57. The predicted octanol–water partition coefficient (Wildman–Crippen LogP) is 2.96. The first kappa shape index (κ1) is 14.3. The molecule has 1 unspecified atom stereocenters. The molecule has 5 nitrogen and oxygen atoms in total. The Bertz CT molecular complexity index is 889. The topological polar surface area (TPSA) is 83.8 Å². The Morgan fingerprint density at radius 3 is 3.17 bits per heavy atom. The standard InChI is InChI=1S/C17H16N4OS/c18-8-11-9-23-15-7-10(1-2-12(11)15)17(22)21-14-4-6-20-16-13(14)3-5-19-16/h1-7,11H,8-9,18H2,(H2,19,20,21,22). The summed E-state index contributed by atoms with van der Waals surface area (Å²) < 4.78 is 0. The minimum absolute atomic E-state index is 0.113. The van der Waals surface area contributed by atoms with Gasteiger partial charge in [-0.05, 0) is 29.8 Å². The summed E-state index contributed by atoms with van der Waals surface area (Å²) in [5.41, 5.74) is 9.23. The molecule has 1 aromatic carbocycles. The molecule has 0 aliphatic carbocycles. The minimum atomic E-state index is -0.113. The van der Waals surface area contributed by atoms with Crippen molar-refractivity contribution in [3.63, 3.8) is 0 Å². The van der Waals surface area contributed by atoms with Crippen LogP contribution >= 0.6 is 11.8 Å². The van der Waals surface area contributed by atoms with E-state index in [1.165, 1.54) is 5.56 Å². The number of amides is 1. The predicted molar refractivity (Wildman–Crippen MR) is 93.0 cm³/mol. The van der Waals surface area contributed by atoms with Crippen molar-refractivity contribution in [2.24, 2.45) is 5.73 Å². The van der Waals surface area contributed by atoms with Gasteiger partial charge in [0.15, 0.2) is 0 Å². The number of aromatic nitrogens is 2. The molecule has 1 atom stereocenters. The molecular formula is C17H16N4OS. The van der Waals surface area contributed by atoms with Crippen molar-refractivity contribution in [1.29, 1.82) is 0 Å². The van der Waals surface area contributed by atoms with Crippen LogP contribution in [-0.4, -0.2) is 28.2 Å². The molecule has 0 saturated carbocycles. The molecule has 23 heavy (non-hydrogen) atoms. The average Bonchev–Trinajstić information content (AvgIpc) is 3.21. The number of nitrogens with zero attached hydrogens (tertiary/aromatic N) is 1. The molecule has 0 saturated heterocycles. The number of benzene rings is 1. The lowest BCUT2D eigenvalue weighted by Gasteiger charge is -2.09. The Labute approximate surface area is 137 Å². The fraction of sp³-hybridized carbons (Fsp3) is 0.176. The Morgan fingerprint density at radius 1 is 1.39 bits per heavy atom. The maximum atomic E-state index is 12.6. The molecule has 4 rings (SSSR count). The molecule has 0 spiro atoms. The van der Waals surface area contributed by atoms with Gasteiger partial charge >= 0.3 is 0 Å². The Hall–Kier alpha value is -2.31. The highest BCUT2D eigenvalue weighted by atomic mass is 32.2. The van der Waals surface area contributed by atoms with Gasteiger partial charge < -0.3 is 16.0 Å². The summed E-state index contributed by atoms with van der Waals surface area (Å²) in [4.78, 5) is 21.0. The molecular weight excluding hydrogens is 308 g/mol. The van der Waals surface area contributed by atoms with Crippen molar-refractivity contribution in [3.8, 4) is 0 Å². The van der Waals surface area contributed by atoms with Crippen LogP contribution < -0.4 is 11.1 Å². The molecule has 0 fully saturated rings. The number of hydrogen-bond donors (Lipinski definition) is 3. The van der Waals surface area contributed by atoms with E-state index in [1.807, 2.05) is 30.5 Å². The van der Waals surface area contributed by atoms with Crippen LogP contribution in [0.25, 0.3) is 11.0 Å². The molecule has 3 heterocycles. The maximum Gasteiger partial charge on any atom is 0.255 e. The lowest BCUT2D eigenvalue weighted by Crippen LogP contribution is -2.13. The molecule has 1 amide bonds. The van der Waals surface area contributed by atoms with E-state index in [-0.39, 0.29) is 5.91 Å². The highest BCUT2D eigenvalue weighted by Gasteiger charge is 2.23. The maximum absolute atomic E-state index is 12.6. The van der Waals surface area contributed by atoms with Gasteiger partial charge in [-0.25, -0.2) is 4.98 Å². The fourth-order valence-corrected chi connectivity index (χ4v) is 4.19. The van der Waals surface area contributed by atoms with Gasteiger partial charge in [-0.3, -0.25) is 4.79 Å². The second-order valence-corrected chi connectivity index (χ2v) is 6.61. The first-order chi connectivity index (χ1) is 11.3. The smallest absolute Gasteiger partial charge is 0.255 e. The third-order valence-electron chi connectivity index (χ3n) is 4.15. The summed E-state index contributed by atoms with van der Waals surface area (Å²) in [7, 11) is 0. The number of rotatable bonds is 3. The largest absolute Gasteiger partial charge is 0.346 e. The average molecular weight is 324 g/mol. The Balaban J connectivity index is 1.62. The van der Waals surface area contributed by atoms with Gasteiger partial charge in [-0.15, -0.1) is 11.8 Å².